The maximum Gasteiger partial charge on any atom is 0.251 e. The van der Waals surface area contributed by atoms with Crippen molar-refractivity contribution in [1.82, 2.24) is 14.5 Å². The van der Waals surface area contributed by atoms with Crippen molar-refractivity contribution >= 4 is 21.8 Å². The van der Waals surface area contributed by atoms with Crippen molar-refractivity contribution in [2.75, 3.05) is 27.2 Å². The summed E-state index contributed by atoms with van der Waals surface area (Å²) in [7, 11) is -0.646. The summed E-state index contributed by atoms with van der Waals surface area (Å²) in [5.74, 6) is 0.193. The van der Waals surface area contributed by atoms with Crippen molar-refractivity contribution in [1.29, 1.82) is 0 Å². The Morgan fingerprint density at radius 3 is 2.30 bits per heavy atom. The molecule has 2 aromatic rings. The first-order chi connectivity index (χ1) is 12.7. The van der Waals surface area contributed by atoms with Crippen LogP contribution in [0.3, 0.4) is 0 Å². The molecule has 0 atom stereocenters. The SMILES string of the molecule is CC(=O)N(CCNC(=O)c1ccc(S(=O)(=O)N(C)C)cc1)Cc1ccco1. The lowest BCUT2D eigenvalue weighted by atomic mass is 10.2. The molecule has 0 aliphatic rings. The van der Waals surface area contributed by atoms with Crippen molar-refractivity contribution in [2.24, 2.45) is 0 Å². The summed E-state index contributed by atoms with van der Waals surface area (Å²) in [5, 5.41) is 2.72. The molecule has 0 aliphatic heterocycles. The zero-order valence-corrected chi connectivity index (χ0v) is 16.3. The Bertz CT molecular complexity index is 874. The second kappa shape index (κ2) is 8.83. The van der Waals surface area contributed by atoms with Crippen LogP contribution >= 0.6 is 0 Å². The lowest BCUT2D eigenvalue weighted by Gasteiger charge is -2.20. The molecule has 146 valence electrons. The number of furan rings is 1. The fourth-order valence-corrected chi connectivity index (χ4v) is 3.24. The van der Waals surface area contributed by atoms with Gasteiger partial charge in [0.05, 0.1) is 17.7 Å². The van der Waals surface area contributed by atoms with Gasteiger partial charge in [0.2, 0.25) is 15.9 Å². The summed E-state index contributed by atoms with van der Waals surface area (Å²) < 4.78 is 30.4. The molecule has 27 heavy (non-hydrogen) atoms. The Hall–Kier alpha value is -2.65. The third-order valence-electron chi connectivity index (χ3n) is 3.93. The van der Waals surface area contributed by atoms with Crippen LogP contribution in [-0.2, 0) is 21.4 Å². The zero-order valence-electron chi connectivity index (χ0n) is 15.5. The van der Waals surface area contributed by atoms with Gasteiger partial charge in [-0.3, -0.25) is 9.59 Å². The predicted molar refractivity (Wildman–Crippen MR) is 99.4 cm³/mol. The fraction of sp³-hybridized carbons (Fsp3) is 0.333. The van der Waals surface area contributed by atoms with Crippen molar-refractivity contribution < 1.29 is 22.4 Å². The lowest BCUT2D eigenvalue weighted by molar-refractivity contribution is -0.129. The highest BCUT2D eigenvalue weighted by Gasteiger charge is 2.17. The van der Waals surface area contributed by atoms with Crippen LogP contribution in [0.15, 0.2) is 52.0 Å². The molecule has 0 saturated heterocycles. The van der Waals surface area contributed by atoms with Gasteiger partial charge in [-0.2, -0.15) is 0 Å². The number of hydrogen-bond donors (Lipinski definition) is 1. The minimum atomic E-state index is -3.53. The largest absolute Gasteiger partial charge is 0.467 e. The maximum absolute atomic E-state index is 12.2. The first-order valence-electron chi connectivity index (χ1n) is 8.30. The molecule has 2 amide bonds. The molecule has 0 radical (unpaired) electrons. The number of nitrogens with one attached hydrogen (secondary N) is 1. The van der Waals surface area contributed by atoms with E-state index in [1.165, 1.54) is 51.5 Å². The van der Waals surface area contributed by atoms with Crippen molar-refractivity contribution in [3.8, 4) is 0 Å². The second-order valence-corrected chi connectivity index (χ2v) is 8.24. The maximum atomic E-state index is 12.2. The van der Waals surface area contributed by atoms with E-state index in [4.69, 9.17) is 4.42 Å². The van der Waals surface area contributed by atoms with Crippen LogP contribution in [0.1, 0.15) is 23.0 Å². The standard InChI is InChI=1S/C18H23N3O5S/c1-14(22)21(13-16-5-4-12-26-16)11-10-19-18(23)15-6-8-17(9-7-15)27(24,25)20(2)3/h4-9,12H,10-11,13H2,1-3H3,(H,19,23). The number of hydrogen-bond acceptors (Lipinski definition) is 5. The van der Waals surface area contributed by atoms with Crippen LogP contribution in [0.2, 0.25) is 0 Å². The van der Waals surface area contributed by atoms with Gasteiger partial charge in [0.25, 0.3) is 5.91 Å². The monoisotopic (exact) mass is 393 g/mol. The molecule has 0 saturated carbocycles. The molecular weight excluding hydrogens is 370 g/mol. The minimum absolute atomic E-state index is 0.116. The second-order valence-electron chi connectivity index (χ2n) is 6.09. The molecule has 2 rings (SSSR count). The highest BCUT2D eigenvalue weighted by Crippen LogP contribution is 2.14. The van der Waals surface area contributed by atoms with E-state index >= 15 is 0 Å². The van der Waals surface area contributed by atoms with Gasteiger partial charge in [0.15, 0.2) is 0 Å². The molecule has 1 N–H and O–H groups in total. The van der Waals surface area contributed by atoms with E-state index in [1.807, 2.05) is 0 Å². The van der Waals surface area contributed by atoms with Crippen LogP contribution in [0.25, 0.3) is 0 Å². The smallest absolute Gasteiger partial charge is 0.251 e. The number of carbonyl (C=O) groups is 2. The average molecular weight is 393 g/mol. The molecule has 1 heterocycles. The van der Waals surface area contributed by atoms with E-state index in [2.05, 4.69) is 5.32 Å². The van der Waals surface area contributed by atoms with E-state index in [0.29, 0.717) is 24.4 Å². The summed E-state index contributed by atoms with van der Waals surface area (Å²) in [6.45, 7) is 2.37. The topological polar surface area (TPSA) is 99.9 Å². The van der Waals surface area contributed by atoms with Crippen molar-refractivity contribution in [3.05, 3.63) is 54.0 Å². The van der Waals surface area contributed by atoms with E-state index in [1.54, 1.807) is 17.0 Å². The number of rotatable bonds is 8. The lowest BCUT2D eigenvalue weighted by Crippen LogP contribution is -2.37. The molecule has 0 unspecified atom stereocenters. The molecule has 0 aliphatic carbocycles. The molecule has 0 fully saturated rings. The number of amides is 2. The summed E-state index contributed by atoms with van der Waals surface area (Å²) in [5.41, 5.74) is 0.341. The first-order valence-corrected chi connectivity index (χ1v) is 9.74. The van der Waals surface area contributed by atoms with Crippen LogP contribution < -0.4 is 5.32 Å². The van der Waals surface area contributed by atoms with E-state index in [-0.39, 0.29) is 23.3 Å². The summed E-state index contributed by atoms with van der Waals surface area (Å²) >= 11 is 0. The van der Waals surface area contributed by atoms with Gasteiger partial charge in [0.1, 0.15) is 5.76 Å². The summed E-state index contributed by atoms with van der Waals surface area (Å²) in [6, 6.07) is 9.22. The number of benzene rings is 1. The molecule has 0 bridgehead atoms. The van der Waals surface area contributed by atoms with E-state index < -0.39 is 10.0 Å². The average Bonchev–Trinajstić information content (AvgIpc) is 3.13. The zero-order chi connectivity index (χ0) is 20.0. The summed E-state index contributed by atoms with van der Waals surface area (Å²) in [4.78, 5) is 25.6. The van der Waals surface area contributed by atoms with Gasteiger partial charge >= 0.3 is 0 Å². The quantitative estimate of drug-likeness (QED) is 0.729. The Morgan fingerprint density at radius 1 is 1.11 bits per heavy atom. The van der Waals surface area contributed by atoms with Crippen molar-refractivity contribution in [3.63, 3.8) is 0 Å². The number of sulfonamides is 1. The van der Waals surface area contributed by atoms with Gasteiger partial charge in [-0.1, -0.05) is 0 Å². The highest BCUT2D eigenvalue weighted by atomic mass is 32.2. The van der Waals surface area contributed by atoms with Gasteiger partial charge in [-0.15, -0.1) is 0 Å². The first kappa shape index (κ1) is 20.7. The number of nitrogens with zero attached hydrogens (tertiary/aromatic N) is 2. The van der Waals surface area contributed by atoms with Crippen LogP contribution in [0.4, 0.5) is 0 Å². The Morgan fingerprint density at radius 2 is 1.78 bits per heavy atom. The van der Waals surface area contributed by atoms with Crippen LogP contribution in [0.5, 0.6) is 0 Å². The van der Waals surface area contributed by atoms with E-state index in [9.17, 15) is 18.0 Å². The van der Waals surface area contributed by atoms with E-state index in [0.717, 1.165) is 4.31 Å². The molecule has 1 aromatic heterocycles. The molecule has 1 aromatic carbocycles. The summed E-state index contributed by atoms with van der Waals surface area (Å²) in [6.07, 6.45) is 1.54. The van der Waals surface area contributed by atoms with Crippen LogP contribution in [0, 0.1) is 0 Å². The Labute approximate surface area is 158 Å². The Kier molecular flexibility index (Phi) is 6.75. The molecular formula is C18H23N3O5S. The molecule has 0 spiro atoms. The van der Waals surface area contributed by atoms with Gasteiger partial charge in [-0.25, -0.2) is 12.7 Å². The predicted octanol–water partition coefficient (Wildman–Crippen LogP) is 1.31. The number of carbonyl (C=O) groups excluding carboxylic acids is 2. The van der Waals surface area contributed by atoms with Crippen molar-refractivity contribution in [2.45, 2.75) is 18.4 Å². The van der Waals surface area contributed by atoms with Gasteiger partial charge in [0, 0.05) is 39.7 Å². The van der Waals surface area contributed by atoms with Crippen LogP contribution in [-0.4, -0.2) is 56.6 Å². The third-order valence-corrected chi connectivity index (χ3v) is 5.76. The third kappa shape index (κ3) is 5.41. The normalized spacial score (nSPS) is 11.4. The van der Waals surface area contributed by atoms with Gasteiger partial charge in [-0.05, 0) is 36.4 Å². The van der Waals surface area contributed by atoms with Gasteiger partial charge < -0.3 is 14.6 Å². The molecule has 8 nitrogen and oxygen atoms in total. The highest BCUT2D eigenvalue weighted by molar-refractivity contribution is 7.89. The molecule has 9 heteroatoms. The fourth-order valence-electron chi connectivity index (χ4n) is 2.33. The Balaban J connectivity index is 1.92. The minimum Gasteiger partial charge on any atom is -0.467 e.